The predicted octanol–water partition coefficient (Wildman–Crippen LogP) is 15.1. The Morgan fingerprint density at radius 2 is 0.922 bits per heavy atom. The van der Waals surface area contributed by atoms with Crippen molar-refractivity contribution in [1.29, 1.82) is 0 Å². The molecule has 0 aliphatic rings. The average Bonchev–Trinajstić information content (AvgIpc) is 4.16. The summed E-state index contributed by atoms with van der Waals surface area (Å²) >= 11 is 0. The monoisotopic (exact) mass is 815 g/mol. The molecule has 296 valence electrons. The minimum absolute atomic E-state index is 0.552. The summed E-state index contributed by atoms with van der Waals surface area (Å²) in [4.78, 5) is 11.0. The molecule has 6 aromatic heterocycles. The van der Waals surface area contributed by atoms with Crippen molar-refractivity contribution in [1.82, 2.24) is 23.5 Å². The molecule has 0 saturated carbocycles. The molecular formula is C58H33N5O. The molecule has 0 aliphatic heterocycles. The maximum atomic E-state index is 6.71. The lowest BCUT2D eigenvalue weighted by molar-refractivity contribution is 0.653. The van der Waals surface area contributed by atoms with Crippen molar-refractivity contribution >= 4 is 104 Å². The van der Waals surface area contributed by atoms with E-state index in [2.05, 4.69) is 202 Å². The lowest BCUT2D eigenvalue weighted by Crippen LogP contribution is -2.02. The molecule has 0 spiro atoms. The third-order valence-corrected chi connectivity index (χ3v) is 13.6. The molecule has 9 aromatic carbocycles. The summed E-state index contributed by atoms with van der Waals surface area (Å²) < 4.78 is 13.9. The standard InChI is InChI=1S/C58H33N5O/c1-3-15-34(16-4-1)35-27-29-41-45-33-44-39-20-8-12-24-47(39)63(55(44)52-42-21-9-13-25-48(42)62(54(45)52)50(41)31-35)57-53-43-22-10-14-26-51(43)64-58(53)60-56(59-57)36-28-30-40-38-19-7-11-23-46(38)61(49(40)32-36)37-17-5-2-6-18-37/h1-33H. The van der Waals surface area contributed by atoms with Crippen molar-refractivity contribution in [2.45, 2.75) is 0 Å². The van der Waals surface area contributed by atoms with Crippen molar-refractivity contribution in [3.8, 4) is 34.0 Å². The summed E-state index contributed by atoms with van der Waals surface area (Å²) in [5.74, 6) is 1.38. The Morgan fingerprint density at radius 3 is 1.72 bits per heavy atom. The Kier molecular flexibility index (Phi) is 6.59. The van der Waals surface area contributed by atoms with E-state index in [9.17, 15) is 0 Å². The van der Waals surface area contributed by atoms with Crippen LogP contribution in [-0.4, -0.2) is 23.5 Å². The minimum atomic E-state index is 0.552. The van der Waals surface area contributed by atoms with Crippen molar-refractivity contribution in [2.75, 3.05) is 0 Å². The van der Waals surface area contributed by atoms with E-state index in [0.717, 1.165) is 60.9 Å². The van der Waals surface area contributed by atoms with Crippen LogP contribution >= 0.6 is 0 Å². The zero-order valence-corrected chi connectivity index (χ0v) is 34.2. The Labute approximate surface area is 364 Å². The highest BCUT2D eigenvalue weighted by Crippen LogP contribution is 2.48. The van der Waals surface area contributed by atoms with Gasteiger partial charge in [-0.05, 0) is 65.7 Å². The first-order valence-corrected chi connectivity index (χ1v) is 21.7. The molecule has 6 heteroatoms. The van der Waals surface area contributed by atoms with Gasteiger partial charge in [-0.2, -0.15) is 4.98 Å². The van der Waals surface area contributed by atoms with E-state index in [0.29, 0.717) is 11.5 Å². The van der Waals surface area contributed by atoms with Gasteiger partial charge in [0.25, 0.3) is 0 Å². The topological polar surface area (TPSA) is 53.2 Å². The van der Waals surface area contributed by atoms with Crippen molar-refractivity contribution in [3.63, 3.8) is 0 Å². The van der Waals surface area contributed by atoms with E-state index in [1.165, 1.54) is 65.4 Å². The van der Waals surface area contributed by atoms with Crippen LogP contribution < -0.4 is 0 Å². The van der Waals surface area contributed by atoms with Crippen LogP contribution in [0, 0.1) is 0 Å². The molecule has 0 amide bonds. The molecule has 0 unspecified atom stereocenters. The second-order valence-corrected chi connectivity index (χ2v) is 16.9. The van der Waals surface area contributed by atoms with Crippen LogP contribution in [0.4, 0.5) is 0 Å². The number of rotatable bonds is 4. The number of furan rings is 1. The van der Waals surface area contributed by atoms with Gasteiger partial charge >= 0.3 is 0 Å². The van der Waals surface area contributed by atoms with E-state index in [4.69, 9.17) is 14.4 Å². The highest BCUT2D eigenvalue weighted by atomic mass is 16.3. The molecule has 15 rings (SSSR count). The molecule has 0 N–H and O–H groups in total. The van der Waals surface area contributed by atoms with Gasteiger partial charge < -0.3 is 13.4 Å². The molecular weight excluding hydrogens is 783 g/mol. The predicted molar refractivity (Wildman–Crippen MR) is 264 cm³/mol. The van der Waals surface area contributed by atoms with E-state index >= 15 is 0 Å². The highest BCUT2D eigenvalue weighted by molar-refractivity contribution is 6.34. The zero-order chi connectivity index (χ0) is 41.6. The average molecular weight is 816 g/mol. The lowest BCUT2D eigenvalue weighted by Gasteiger charge is -2.12. The fourth-order valence-corrected chi connectivity index (χ4v) is 10.9. The zero-order valence-electron chi connectivity index (χ0n) is 34.2. The molecule has 0 atom stereocenters. The minimum Gasteiger partial charge on any atom is -0.437 e. The molecule has 15 aromatic rings. The maximum Gasteiger partial charge on any atom is 0.233 e. The number of aromatic nitrogens is 5. The Hall–Kier alpha value is -8.74. The summed E-state index contributed by atoms with van der Waals surface area (Å²) in [7, 11) is 0. The second-order valence-electron chi connectivity index (χ2n) is 16.9. The summed E-state index contributed by atoms with van der Waals surface area (Å²) in [6.45, 7) is 0. The number of benzene rings is 9. The van der Waals surface area contributed by atoms with Gasteiger partial charge in [0, 0.05) is 59.7 Å². The number of hydrogen-bond acceptors (Lipinski definition) is 3. The van der Waals surface area contributed by atoms with Gasteiger partial charge in [-0.1, -0.05) is 146 Å². The van der Waals surface area contributed by atoms with Crippen LogP contribution in [0.25, 0.3) is 138 Å². The summed E-state index contributed by atoms with van der Waals surface area (Å²) in [5, 5.41) is 11.4. The van der Waals surface area contributed by atoms with E-state index in [1.54, 1.807) is 0 Å². The lowest BCUT2D eigenvalue weighted by atomic mass is 10.0. The molecule has 6 nitrogen and oxygen atoms in total. The summed E-state index contributed by atoms with van der Waals surface area (Å²) in [6.07, 6.45) is 0. The highest BCUT2D eigenvalue weighted by Gasteiger charge is 2.27. The fourth-order valence-electron chi connectivity index (χ4n) is 10.9. The number of nitrogens with zero attached hydrogens (tertiary/aromatic N) is 5. The van der Waals surface area contributed by atoms with E-state index < -0.39 is 0 Å². The van der Waals surface area contributed by atoms with Crippen molar-refractivity contribution < 1.29 is 4.42 Å². The first kappa shape index (κ1) is 33.9. The van der Waals surface area contributed by atoms with Gasteiger partial charge in [-0.25, -0.2) is 4.98 Å². The van der Waals surface area contributed by atoms with E-state index in [-0.39, 0.29) is 0 Å². The van der Waals surface area contributed by atoms with Crippen LogP contribution in [0.1, 0.15) is 0 Å². The van der Waals surface area contributed by atoms with Crippen LogP contribution in [0.15, 0.2) is 205 Å². The van der Waals surface area contributed by atoms with Gasteiger partial charge in [-0.15, -0.1) is 0 Å². The Morgan fingerprint density at radius 1 is 0.344 bits per heavy atom. The second kappa shape index (κ2) is 12.4. The molecule has 0 fully saturated rings. The van der Waals surface area contributed by atoms with Gasteiger partial charge in [0.05, 0.1) is 44.0 Å². The van der Waals surface area contributed by atoms with Crippen LogP contribution in [0.2, 0.25) is 0 Å². The summed E-state index contributed by atoms with van der Waals surface area (Å²) in [5.41, 5.74) is 13.7. The quantitative estimate of drug-likeness (QED) is 0.178. The Bertz CT molecular complexity index is 4420. The molecule has 0 radical (unpaired) electrons. The smallest absolute Gasteiger partial charge is 0.233 e. The van der Waals surface area contributed by atoms with Crippen molar-refractivity contribution in [2.24, 2.45) is 0 Å². The van der Waals surface area contributed by atoms with E-state index in [1.807, 2.05) is 12.1 Å². The van der Waals surface area contributed by atoms with Gasteiger partial charge in [0.1, 0.15) is 5.58 Å². The fraction of sp³-hybridized carbons (Fsp3) is 0. The number of hydrogen-bond donors (Lipinski definition) is 0. The largest absolute Gasteiger partial charge is 0.437 e. The number of para-hydroxylation sites is 5. The molecule has 0 aliphatic carbocycles. The van der Waals surface area contributed by atoms with Crippen molar-refractivity contribution in [3.05, 3.63) is 200 Å². The molecule has 0 saturated heterocycles. The first-order valence-electron chi connectivity index (χ1n) is 21.7. The van der Waals surface area contributed by atoms with Crippen LogP contribution in [0.5, 0.6) is 0 Å². The molecule has 6 heterocycles. The van der Waals surface area contributed by atoms with Crippen LogP contribution in [-0.2, 0) is 0 Å². The van der Waals surface area contributed by atoms with Gasteiger partial charge in [0.2, 0.25) is 5.71 Å². The summed E-state index contributed by atoms with van der Waals surface area (Å²) in [6, 6.07) is 71.7. The van der Waals surface area contributed by atoms with Gasteiger partial charge in [-0.3, -0.25) is 4.57 Å². The third-order valence-electron chi connectivity index (χ3n) is 13.6. The van der Waals surface area contributed by atoms with Gasteiger partial charge in [0.15, 0.2) is 11.6 Å². The first-order chi connectivity index (χ1) is 31.8. The normalized spacial score (nSPS) is 12.4. The Balaban J connectivity index is 1.08. The van der Waals surface area contributed by atoms with Crippen LogP contribution in [0.3, 0.4) is 0 Å². The number of fused-ring (bicyclic) bond motifs is 16. The SMILES string of the molecule is c1ccc(-c2ccc3c4cc5c6ccccc6n(-c6nc(-c7ccc8c9ccccc9n(-c9ccccc9)c8c7)nc7oc8ccccc8c67)c5c5c6ccccc6n(c3c2)c45)cc1. The molecule has 64 heavy (non-hydrogen) atoms. The maximum absolute atomic E-state index is 6.71. The molecule has 0 bridgehead atoms. The third kappa shape index (κ3) is 4.43.